The molecule has 3 heteroatoms. The highest BCUT2D eigenvalue weighted by atomic mass is 16.3. The van der Waals surface area contributed by atoms with Crippen LogP contribution in [0.3, 0.4) is 0 Å². The summed E-state index contributed by atoms with van der Waals surface area (Å²) in [4.78, 5) is 4.61. The van der Waals surface area contributed by atoms with Crippen molar-refractivity contribution in [2.75, 3.05) is 33.3 Å². The predicted molar refractivity (Wildman–Crippen MR) is 59.4 cm³/mol. The fourth-order valence-electron chi connectivity index (χ4n) is 2.15. The van der Waals surface area contributed by atoms with Gasteiger partial charge in [-0.3, -0.25) is 9.80 Å². The fourth-order valence-corrected chi connectivity index (χ4v) is 2.15. The molecule has 1 rings (SSSR count). The second kappa shape index (κ2) is 4.43. The highest BCUT2D eigenvalue weighted by molar-refractivity contribution is 4.95. The van der Waals surface area contributed by atoms with Gasteiger partial charge in [0, 0.05) is 31.2 Å². The largest absolute Gasteiger partial charge is 0.395 e. The van der Waals surface area contributed by atoms with E-state index in [0.29, 0.717) is 0 Å². The van der Waals surface area contributed by atoms with Crippen LogP contribution in [0.25, 0.3) is 0 Å². The van der Waals surface area contributed by atoms with Crippen LogP contribution >= 0.6 is 0 Å². The third kappa shape index (κ3) is 2.35. The molecule has 1 fully saturated rings. The molecule has 1 atom stereocenters. The van der Waals surface area contributed by atoms with Gasteiger partial charge in [0.05, 0.1) is 6.61 Å². The van der Waals surface area contributed by atoms with Gasteiger partial charge in [-0.25, -0.2) is 0 Å². The van der Waals surface area contributed by atoms with Crippen LogP contribution in [0.1, 0.15) is 13.8 Å². The first-order valence-electron chi connectivity index (χ1n) is 5.18. The maximum absolute atomic E-state index is 9.22. The molecule has 0 spiro atoms. The SMILES string of the molecule is C=CCN1CC(CO)N(C)CC1(C)C. The number of hydrogen-bond acceptors (Lipinski definition) is 3. The van der Waals surface area contributed by atoms with E-state index in [0.717, 1.165) is 19.6 Å². The lowest BCUT2D eigenvalue weighted by Crippen LogP contribution is -2.63. The van der Waals surface area contributed by atoms with Gasteiger partial charge in [0.1, 0.15) is 0 Å². The Morgan fingerprint density at radius 3 is 2.71 bits per heavy atom. The summed E-state index contributed by atoms with van der Waals surface area (Å²) >= 11 is 0. The van der Waals surface area contributed by atoms with E-state index in [-0.39, 0.29) is 18.2 Å². The van der Waals surface area contributed by atoms with Crippen molar-refractivity contribution in [3.05, 3.63) is 12.7 Å². The van der Waals surface area contributed by atoms with Gasteiger partial charge in [0.15, 0.2) is 0 Å². The molecule has 1 N–H and O–H groups in total. The van der Waals surface area contributed by atoms with E-state index >= 15 is 0 Å². The molecule has 0 radical (unpaired) electrons. The second-order valence-electron chi connectivity index (χ2n) is 4.76. The van der Waals surface area contributed by atoms with Gasteiger partial charge in [0.25, 0.3) is 0 Å². The molecule has 1 unspecified atom stereocenters. The topological polar surface area (TPSA) is 26.7 Å². The summed E-state index contributed by atoms with van der Waals surface area (Å²) in [5.74, 6) is 0. The van der Waals surface area contributed by atoms with Gasteiger partial charge < -0.3 is 5.11 Å². The lowest BCUT2D eigenvalue weighted by atomic mass is 9.96. The zero-order valence-electron chi connectivity index (χ0n) is 9.53. The molecule has 14 heavy (non-hydrogen) atoms. The Kier molecular flexibility index (Phi) is 3.70. The minimum absolute atomic E-state index is 0.175. The van der Waals surface area contributed by atoms with Crippen molar-refractivity contribution >= 4 is 0 Å². The lowest BCUT2D eigenvalue weighted by Gasteiger charge is -2.49. The third-order valence-electron chi connectivity index (χ3n) is 3.11. The van der Waals surface area contributed by atoms with Crippen LogP contribution in [0, 0.1) is 0 Å². The number of nitrogens with zero attached hydrogens (tertiary/aromatic N) is 2. The molecule has 0 amide bonds. The first-order chi connectivity index (χ1) is 6.51. The molecule has 1 saturated heterocycles. The van der Waals surface area contributed by atoms with E-state index in [1.807, 2.05) is 6.08 Å². The van der Waals surface area contributed by atoms with Crippen molar-refractivity contribution in [3.8, 4) is 0 Å². The molecular formula is C11H22N2O. The van der Waals surface area contributed by atoms with Crippen molar-refractivity contribution in [3.63, 3.8) is 0 Å². The zero-order chi connectivity index (χ0) is 10.8. The first kappa shape index (κ1) is 11.7. The molecule has 3 nitrogen and oxygen atoms in total. The summed E-state index contributed by atoms with van der Waals surface area (Å²) in [6.45, 7) is 11.3. The Balaban J connectivity index is 2.69. The van der Waals surface area contributed by atoms with E-state index in [2.05, 4.69) is 37.3 Å². The predicted octanol–water partition coefficient (Wildman–Crippen LogP) is 0.559. The maximum Gasteiger partial charge on any atom is 0.0599 e. The molecule has 0 aromatic rings. The van der Waals surface area contributed by atoms with Crippen molar-refractivity contribution in [2.24, 2.45) is 0 Å². The first-order valence-corrected chi connectivity index (χ1v) is 5.18. The molecule has 0 aromatic heterocycles. The number of aliphatic hydroxyl groups is 1. The zero-order valence-corrected chi connectivity index (χ0v) is 9.53. The quantitative estimate of drug-likeness (QED) is 0.671. The Hall–Kier alpha value is -0.380. The van der Waals surface area contributed by atoms with Crippen molar-refractivity contribution < 1.29 is 5.11 Å². The van der Waals surface area contributed by atoms with Crippen LogP contribution in [0.2, 0.25) is 0 Å². The number of aliphatic hydroxyl groups excluding tert-OH is 1. The number of piperazine rings is 1. The van der Waals surface area contributed by atoms with Crippen LogP contribution in [-0.4, -0.2) is 59.8 Å². The molecule has 1 heterocycles. The number of rotatable bonds is 3. The average Bonchev–Trinajstić information content (AvgIpc) is 2.09. The van der Waals surface area contributed by atoms with E-state index < -0.39 is 0 Å². The highest BCUT2D eigenvalue weighted by Gasteiger charge is 2.36. The second-order valence-corrected chi connectivity index (χ2v) is 4.76. The van der Waals surface area contributed by atoms with Crippen molar-refractivity contribution in [1.82, 2.24) is 9.80 Å². The summed E-state index contributed by atoms with van der Waals surface area (Å²) in [5.41, 5.74) is 0.175. The smallest absolute Gasteiger partial charge is 0.0599 e. The van der Waals surface area contributed by atoms with E-state index in [4.69, 9.17) is 0 Å². The Morgan fingerprint density at radius 2 is 2.21 bits per heavy atom. The van der Waals surface area contributed by atoms with Crippen molar-refractivity contribution in [2.45, 2.75) is 25.4 Å². The van der Waals surface area contributed by atoms with Gasteiger partial charge in [-0.1, -0.05) is 6.08 Å². The van der Waals surface area contributed by atoms with Crippen molar-refractivity contribution in [1.29, 1.82) is 0 Å². The summed E-state index contributed by atoms with van der Waals surface area (Å²) < 4.78 is 0. The van der Waals surface area contributed by atoms with E-state index in [1.54, 1.807) is 0 Å². The minimum atomic E-state index is 0.175. The summed E-state index contributed by atoms with van der Waals surface area (Å²) in [5, 5.41) is 9.22. The molecule has 0 saturated carbocycles. The highest BCUT2D eigenvalue weighted by Crippen LogP contribution is 2.22. The number of likely N-dealkylation sites (N-methyl/N-ethyl adjacent to an activating group) is 1. The molecule has 0 bridgehead atoms. The summed E-state index contributed by atoms with van der Waals surface area (Å²) in [7, 11) is 2.08. The van der Waals surface area contributed by atoms with Crippen LogP contribution < -0.4 is 0 Å². The molecule has 0 aromatic carbocycles. The summed E-state index contributed by atoms with van der Waals surface area (Å²) in [6.07, 6.45) is 1.93. The monoisotopic (exact) mass is 198 g/mol. The van der Waals surface area contributed by atoms with Crippen LogP contribution in [-0.2, 0) is 0 Å². The van der Waals surface area contributed by atoms with Gasteiger partial charge in [-0.15, -0.1) is 6.58 Å². The van der Waals surface area contributed by atoms with Crippen LogP contribution in [0.15, 0.2) is 12.7 Å². The fraction of sp³-hybridized carbons (Fsp3) is 0.818. The third-order valence-corrected chi connectivity index (χ3v) is 3.11. The minimum Gasteiger partial charge on any atom is -0.395 e. The standard InChI is InChI=1S/C11H22N2O/c1-5-6-13-7-10(8-14)12(4)9-11(13,2)3/h5,10,14H,1,6-9H2,2-4H3. The number of hydrogen-bond donors (Lipinski definition) is 1. The Labute approximate surface area is 87.0 Å². The van der Waals surface area contributed by atoms with Crippen LogP contribution in [0.4, 0.5) is 0 Å². The van der Waals surface area contributed by atoms with E-state index in [9.17, 15) is 5.11 Å². The molecule has 0 aliphatic carbocycles. The van der Waals surface area contributed by atoms with Gasteiger partial charge in [-0.2, -0.15) is 0 Å². The molecule has 1 aliphatic heterocycles. The van der Waals surface area contributed by atoms with Gasteiger partial charge in [-0.05, 0) is 20.9 Å². The summed E-state index contributed by atoms with van der Waals surface area (Å²) in [6, 6.07) is 0.267. The molecular weight excluding hydrogens is 176 g/mol. The lowest BCUT2D eigenvalue weighted by molar-refractivity contribution is -0.0153. The molecule has 1 aliphatic rings. The van der Waals surface area contributed by atoms with Crippen LogP contribution in [0.5, 0.6) is 0 Å². The maximum atomic E-state index is 9.22. The average molecular weight is 198 g/mol. The Morgan fingerprint density at radius 1 is 1.57 bits per heavy atom. The van der Waals surface area contributed by atoms with E-state index in [1.165, 1.54) is 0 Å². The van der Waals surface area contributed by atoms with Gasteiger partial charge >= 0.3 is 0 Å². The molecule has 82 valence electrons. The van der Waals surface area contributed by atoms with Gasteiger partial charge in [0.2, 0.25) is 0 Å². The Bertz CT molecular complexity index is 203. The normalized spacial score (nSPS) is 29.0.